The van der Waals surface area contributed by atoms with E-state index in [1.165, 1.54) is 29.3 Å². The molecule has 4 aromatic rings. The molecule has 2 aliphatic rings. The van der Waals surface area contributed by atoms with E-state index in [-0.39, 0.29) is 17.0 Å². The first-order valence-corrected chi connectivity index (χ1v) is 12.1. The lowest BCUT2D eigenvalue weighted by molar-refractivity contribution is -0.127. The van der Waals surface area contributed by atoms with E-state index in [0.29, 0.717) is 34.1 Å². The van der Waals surface area contributed by atoms with Crippen LogP contribution in [-0.4, -0.2) is 79.7 Å². The molecule has 0 bridgehead atoms. The van der Waals surface area contributed by atoms with E-state index in [1.807, 2.05) is 6.92 Å². The summed E-state index contributed by atoms with van der Waals surface area (Å²) in [6.45, 7) is 7.02. The first kappa shape index (κ1) is 22.3. The topological polar surface area (TPSA) is 87.5 Å². The summed E-state index contributed by atoms with van der Waals surface area (Å²) in [6.07, 6.45) is -2.61. The molecule has 6 rings (SSSR count). The second-order valence-electron chi connectivity index (χ2n) is 8.83. The molecule has 2 fully saturated rings. The van der Waals surface area contributed by atoms with Crippen molar-refractivity contribution in [3.8, 4) is 27.7 Å². The Labute approximate surface area is 202 Å². The number of aromatic nitrogens is 6. The van der Waals surface area contributed by atoms with E-state index in [4.69, 9.17) is 4.74 Å². The number of anilines is 1. The number of nitrogens with one attached hydrogen (secondary N) is 1. The van der Waals surface area contributed by atoms with Gasteiger partial charge in [0.1, 0.15) is 16.3 Å². The molecule has 0 aliphatic carbocycles. The lowest BCUT2D eigenvalue weighted by Crippen LogP contribution is -2.78. The average molecular weight is 505 g/mol. The number of hydrogen-bond donors (Lipinski definition) is 1. The van der Waals surface area contributed by atoms with E-state index in [1.54, 1.807) is 12.3 Å². The number of likely N-dealkylation sites (N-methyl/N-ethyl adjacent to an activating group) is 1. The quantitative estimate of drug-likeness (QED) is 0.430. The second-order valence-corrected chi connectivity index (χ2v) is 9.80. The number of aryl methyl sites for hydroxylation is 1. The summed E-state index contributed by atoms with van der Waals surface area (Å²) in [5, 5.41) is 12.8. The number of alkyl halides is 3. The minimum Gasteiger partial charge on any atom is -0.493 e. The zero-order valence-corrected chi connectivity index (χ0v) is 20.1. The number of fused-ring (bicyclic) bond motifs is 2. The molecule has 2 saturated heterocycles. The number of halogens is 3. The van der Waals surface area contributed by atoms with Crippen LogP contribution >= 0.6 is 11.3 Å². The molecule has 9 nitrogen and oxygen atoms in total. The molecule has 0 spiro atoms. The Morgan fingerprint density at radius 1 is 1.26 bits per heavy atom. The van der Waals surface area contributed by atoms with Gasteiger partial charge in [-0.3, -0.25) is 10.00 Å². The fraction of sp³-hybridized carbons (Fsp3) is 0.455. The van der Waals surface area contributed by atoms with Crippen molar-refractivity contribution in [3.63, 3.8) is 0 Å². The minimum atomic E-state index is -4.43. The van der Waals surface area contributed by atoms with Crippen LogP contribution in [0.1, 0.15) is 18.2 Å². The van der Waals surface area contributed by atoms with E-state index in [0.717, 1.165) is 30.3 Å². The van der Waals surface area contributed by atoms with Crippen molar-refractivity contribution in [2.75, 3.05) is 31.6 Å². The van der Waals surface area contributed by atoms with Crippen molar-refractivity contribution >= 4 is 22.0 Å². The predicted molar refractivity (Wildman–Crippen MR) is 125 cm³/mol. The number of rotatable bonds is 6. The van der Waals surface area contributed by atoms with Gasteiger partial charge in [-0.25, -0.2) is 14.5 Å². The van der Waals surface area contributed by atoms with Gasteiger partial charge in [-0.15, -0.1) is 0 Å². The van der Waals surface area contributed by atoms with Gasteiger partial charge in [-0.05, 0) is 19.5 Å². The zero-order chi connectivity index (χ0) is 24.5. The third-order valence-corrected chi connectivity index (χ3v) is 8.06. The summed E-state index contributed by atoms with van der Waals surface area (Å²) in [5.41, 5.74) is 2.24. The Bertz CT molecular complexity index is 1410. The lowest BCUT2D eigenvalue weighted by Gasteiger charge is -2.62. The molecule has 0 saturated carbocycles. The van der Waals surface area contributed by atoms with Crippen LogP contribution in [0.3, 0.4) is 0 Å². The molecule has 184 valence electrons. The predicted octanol–water partition coefficient (Wildman–Crippen LogP) is 3.56. The van der Waals surface area contributed by atoms with Crippen LogP contribution in [0, 0.1) is 6.92 Å². The van der Waals surface area contributed by atoms with Gasteiger partial charge in [0.15, 0.2) is 11.4 Å². The standard InChI is InChI=1S/C22H23F3N8OS/c1-4-31-8-15-14(31)9-32(15)21-11(2)28-20(35-21)18-13(6-22(23,24)25)17(29-30-18)12-5-16(34-3)19-26-10-27-33(19)7-12/h5,7,10,14-15H,4,6,8-9H2,1-3H3,(H,29,30). The SMILES string of the molecule is CCN1CC2C1CN2c1sc(-c2[nH]nc(-c3cc(OC)c4ncnn4c3)c2CC(F)(F)F)nc1C. The van der Waals surface area contributed by atoms with Gasteiger partial charge in [-0.1, -0.05) is 18.3 Å². The molecule has 1 N–H and O–H groups in total. The molecule has 0 aromatic carbocycles. The molecular formula is C22H23F3N8OS. The Kier molecular flexibility index (Phi) is 5.04. The van der Waals surface area contributed by atoms with Gasteiger partial charge < -0.3 is 9.64 Å². The maximum atomic E-state index is 13.7. The molecule has 2 aliphatic heterocycles. The first-order valence-electron chi connectivity index (χ1n) is 11.3. The van der Waals surface area contributed by atoms with Gasteiger partial charge >= 0.3 is 6.18 Å². The lowest BCUT2D eigenvalue weighted by atomic mass is 9.86. The number of pyridine rings is 1. The Hall–Kier alpha value is -3.19. The summed E-state index contributed by atoms with van der Waals surface area (Å²) >= 11 is 1.41. The van der Waals surface area contributed by atoms with Crippen LogP contribution in [-0.2, 0) is 6.42 Å². The molecule has 2 unspecified atom stereocenters. The van der Waals surface area contributed by atoms with Crippen LogP contribution in [0.4, 0.5) is 18.2 Å². The van der Waals surface area contributed by atoms with Crippen LogP contribution in [0.5, 0.6) is 5.75 Å². The fourth-order valence-electron chi connectivity index (χ4n) is 5.03. The first-order chi connectivity index (χ1) is 16.8. The summed E-state index contributed by atoms with van der Waals surface area (Å²) in [6, 6.07) is 2.64. The molecule has 0 radical (unpaired) electrons. The Morgan fingerprint density at radius 2 is 2.09 bits per heavy atom. The molecule has 2 atom stereocenters. The number of aromatic amines is 1. The van der Waals surface area contributed by atoms with Crippen molar-refractivity contribution in [2.45, 2.75) is 38.5 Å². The summed E-state index contributed by atoms with van der Waals surface area (Å²) in [5.74, 6) is 0.392. The highest BCUT2D eigenvalue weighted by atomic mass is 32.1. The van der Waals surface area contributed by atoms with Crippen LogP contribution in [0.25, 0.3) is 27.6 Å². The molecule has 4 aromatic heterocycles. The highest BCUT2D eigenvalue weighted by molar-refractivity contribution is 7.19. The van der Waals surface area contributed by atoms with Crippen LogP contribution in [0.2, 0.25) is 0 Å². The number of nitrogens with zero attached hydrogens (tertiary/aromatic N) is 7. The monoisotopic (exact) mass is 504 g/mol. The number of likely N-dealkylation sites (tertiary alicyclic amines) is 1. The summed E-state index contributed by atoms with van der Waals surface area (Å²) in [7, 11) is 1.47. The van der Waals surface area contributed by atoms with Crippen molar-refractivity contribution in [3.05, 3.63) is 29.8 Å². The number of H-pyrrole nitrogens is 1. The maximum Gasteiger partial charge on any atom is 0.393 e. The third kappa shape index (κ3) is 3.56. The van der Waals surface area contributed by atoms with E-state index < -0.39 is 12.6 Å². The summed E-state index contributed by atoms with van der Waals surface area (Å²) < 4.78 is 47.9. The van der Waals surface area contributed by atoms with E-state index >= 15 is 0 Å². The van der Waals surface area contributed by atoms with Crippen molar-refractivity contribution in [1.29, 1.82) is 0 Å². The van der Waals surface area contributed by atoms with E-state index in [9.17, 15) is 13.2 Å². The minimum absolute atomic E-state index is 0.0432. The van der Waals surface area contributed by atoms with Crippen molar-refractivity contribution < 1.29 is 17.9 Å². The van der Waals surface area contributed by atoms with Gasteiger partial charge in [0.2, 0.25) is 0 Å². The third-order valence-electron chi connectivity index (χ3n) is 6.85. The highest BCUT2D eigenvalue weighted by Gasteiger charge is 2.51. The average Bonchev–Trinajstić information content (AvgIpc) is 3.52. The number of ether oxygens (including phenoxy) is 1. The van der Waals surface area contributed by atoms with Crippen LogP contribution < -0.4 is 9.64 Å². The van der Waals surface area contributed by atoms with Crippen molar-refractivity contribution in [2.24, 2.45) is 0 Å². The fourth-order valence-corrected chi connectivity index (χ4v) is 6.19. The van der Waals surface area contributed by atoms with Gasteiger partial charge in [0, 0.05) is 36.5 Å². The highest BCUT2D eigenvalue weighted by Crippen LogP contribution is 2.45. The molecule has 6 heterocycles. The van der Waals surface area contributed by atoms with E-state index in [2.05, 4.69) is 42.0 Å². The normalized spacial score (nSPS) is 20.1. The number of piperazine rings is 1. The number of hydrogen-bond acceptors (Lipinski definition) is 8. The second kappa shape index (κ2) is 7.92. The van der Waals surface area contributed by atoms with Gasteiger partial charge in [0.25, 0.3) is 0 Å². The number of thiazole rings is 1. The smallest absolute Gasteiger partial charge is 0.393 e. The van der Waals surface area contributed by atoms with Gasteiger partial charge in [-0.2, -0.15) is 23.4 Å². The molecule has 13 heteroatoms. The molecular weight excluding hydrogens is 481 g/mol. The zero-order valence-electron chi connectivity index (χ0n) is 19.3. The maximum absolute atomic E-state index is 13.7. The molecule has 0 amide bonds. The Morgan fingerprint density at radius 3 is 2.77 bits per heavy atom. The Balaban J connectivity index is 1.40. The molecule has 35 heavy (non-hydrogen) atoms. The van der Waals surface area contributed by atoms with Gasteiger partial charge in [0.05, 0.1) is 36.7 Å². The van der Waals surface area contributed by atoms with Crippen LogP contribution in [0.15, 0.2) is 18.6 Å². The van der Waals surface area contributed by atoms with Crippen molar-refractivity contribution in [1.82, 2.24) is 34.7 Å². The number of methoxy groups -OCH3 is 1. The largest absolute Gasteiger partial charge is 0.493 e. The summed E-state index contributed by atoms with van der Waals surface area (Å²) in [4.78, 5) is 13.5.